The van der Waals surface area contributed by atoms with Crippen molar-refractivity contribution in [3.05, 3.63) is 57.7 Å². The van der Waals surface area contributed by atoms with E-state index in [-0.39, 0.29) is 18.4 Å². The third-order valence-electron chi connectivity index (χ3n) is 3.43. The third kappa shape index (κ3) is 6.04. The summed E-state index contributed by atoms with van der Waals surface area (Å²) >= 11 is 2.21. The van der Waals surface area contributed by atoms with Gasteiger partial charge in [0.2, 0.25) is 5.91 Å². The minimum Gasteiger partial charge on any atom is -0.375 e. The van der Waals surface area contributed by atoms with E-state index in [0.29, 0.717) is 23.7 Å². The maximum Gasteiger partial charge on any atom is 0.253 e. The highest BCUT2D eigenvalue weighted by atomic mass is 127. The Bertz CT molecular complexity index is 747. The summed E-state index contributed by atoms with van der Waals surface area (Å²) < 4.78 is 1.04. The van der Waals surface area contributed by atoms with Gasteiger partial charge in [-0.2, -0.15) is 0 Å². The predicted molar refractivity (Wildman–Crippen MR) is 110 cm³/mol. The number of para-hydroxylation sites is 2. The number of halogens is 1. The number of amides is 2. The highest BCUT2D eigenvalue weighted by Gasteiger charge is 2.13. The Labute approximate surface area is 161 Å². The minimum absolute atomic E-state index is 0.127. The maximum atomic E-state index is 12.3. The molecule has 25 heavy (non-hydrogen) atoms. The topological polar surface area (TPSA) is 70.2 Å². The van der Waals surface area contributed by atoms with Crippen molar-refractivity contribution in [3.63, 3.8) is 0 Å². The van der Waals surface area contributed by atoms with Gasteiger partial charge in [0.1, 0.15) is 0 Å². The summed E-state index contributed by atoms with van der Waals surface area (Å²) in [5.41, 5.74) is 1.88. The zero-order valence-corrected chi connectivity index (χ0v) is 16.5. The van der Waals surface area contributed by atoms with Gasteiger partial charge in [0.05, 0.1) is 17.8 Å². The van der Waals surface area contributed by atoms with Gasteiger partial charge in [0.15, 0.2) is 0 Å². The highest BCUT2D eigenvalue weighted by molar-refractivity contribution is 14.1. The molecule has 0 aliphatic rings. The molecule has 2 aromatic carbocycles. The Hall–Kier alpha value is -2.09. The van der Waals surface area contributed by atoms with Gasteiger partial charge in [-0.3, -0.25) is 9.59 Å². The van der Waals surface area contributed by atoms with Crippen LogP contribution in [0.5, 0.6) is 0 Å². The average molecular weight is 451 g/mol. The quantitative estimate of drug-likeness (QED) is 0.562. The van der Waals surface area contributed by atoms with Crippen molar-refractivity contribution in [3.8, 4) is 0 Å². The molecule has 0 fully saturated rings. The number of carbonyl (C=O) groups excluding carboxylic acids is 2. The molecule has 2 amide bonds. The number of rotatable bonds is 7. The summed E-state index contributed by atoms with van der Waals surface area (Å²) in [6.45, 7) is 4.78. The van der Waals surface area contributed by atoms with Crippen LogP contribution in [0.4, 0.5) is 11.4 Å². The minimum atomic E-state index is -0.205. The van der Waals surface area contributed by atoms with E-state index in [2.05, 4.69) is 38.5 Å². The lowest BCUT2D eigenvalue weighted by Gasteiger charge is -2.13. The van der Waals surface area contributed by atoms with Crippen molar-refractivity contribution in [2.45, 2.75) is 13.8 Å². The van der Waals surface area contributed by atoms with Gasteiger partial charge in [-0.05, 0) is 52.8 Å². The van der Waals surface area contributed by atoms with Crippen molar-refractivity contribution in [1.82, 2.24) is 5.32 Å². The summed E-state index contributed by atoms with van der Waals surface area (Å²) in [4.78, 5) is 24.5. The normalized spacial score (nSPS) is 10.4. The summed E-state index contributed by atoms with van der Waals surface area (Å²) in [5, 5.41) is 8.78. The number of nitrogens with one attached hydrogen (secondary N) is 3. The number of benzene rings is 2. The molecule has 0 aliphatic heterocycles. The summed E-state index contributed by atoms with van der Waals surface area (Å²) in [5.74, 6) is -0.0258. The summed E-state index contributed by atoms with van der Waals surface area (Å²) in [6.07, 6.45) is 0. The van der Waals surface area contributed by atoms with Crippen LogP contribution in [0.15, 0.2) is 48.5 Å². The molecular weight excluding hydrogens is 429 g/mol. The Morgan fingerprint density at radius 3 is 2.32 bits per heavy atom. The molecule has 0 aliphatic carbocycles. The Morgan fingerprint density at radius 1 is 1.00 bits per heavy atom. The molecule has 0 bridgehead atoms. The van der Waals surface area contributed by atoms with Crippen LogP contribution in [0.2, 0.25) is 0 Å². The summed E-state index contributed by atoms with van der Waals surface area (Å²) in [6, 6.07) is 14.8. The molecule has 132 valence electrons. The number of hydrogen-bond acceptors (Lipinski definition) is 3. The van der Waals surface area contributed by atoms with E-state index < -0.39 is 0 Å². The number of carbonyl (C=O) groups is 2. The molecule has 0 saturated carbocycles. The first-order valence-electron chi connectivity index (χ1n) is 8.13. The molecule has 0 unspecified atom stereocenters. The van der Waals surface area contributed by atoms with Gasteiger partial charge in [-0.1, -0.05) is 38.1 Å². The second-order valence-corrected chi connectivity index (χ2v) is 7.19. The molecule has 3 N–H and O–H groups in total. The second kappa shape index (κ2) is 9.41. The predicted octanol–water partition coefficient (Wildman–Crippen LogP) is 3.73. The van der Waals surface area contributed by atoms with Crippen molar-refractivity contribution in [2.24, 2.45) is 5.92 Å². The SMILES string of the molecule is CC(C)CNC(=O)c1ccccc1NC(=O)CNc1ccccc1I. The smallest absolute Gasteiger partial charge is 0.253 e. The lowest BCUT2D eigenvalue weighted by Crippen LogP contribution is -2.29. The van der Waals surface area contributed by atoms with E-state index in [1.54, 1.807) is 24.3 Å². The second-order valence-electron chi connectivity index (χ2n) is 6.03. The Morgan fingerprint density at radius 2 is 1.64 bits per heavy atom. The monoisotopic (exact) mass is 451 g/mol. The molecule has 0 radical (unpaired) electrons. The lowest BCUT2D eigenvalue weighted by atomic mass is 10.1. The van der Waals surface area contributed by atoms with Crippen molar-refractivity contribution in [2.75, 3.05) is 23.7 Å². The molecule has 6 heteroatoms. The largest absolute Gasteiger partial charge is 0.375 e. The van der Waals surface area contributed by atoms with Crippen LogP contribution in [0, 0.1) is 9.49 Å². The zero-order chi connectivity index (χ0) is 18.2. The number of anilines is 2. The molecule has 0 spiro atoms. The molecule has 2 rings (SSSR count). The Balaban J connectivity index is 1.98. The first kappa shape index (κ1) is 19.2. The van der Waals surface area contributed by atoms with Gasteiger partial charge >= 0.3 is 0 Å². The zero-order valence-electron chi connectivity index (χ0n) is 14.3. The number of hydrogen-bond donors (Lipinski definition) is 3. The first-order valence-corrected chi connectivity index (χ1v) is 9.20. The van der Waals surface area contributed by atoms with E-state index in [0.717, 1.165) is 9.26 Å². The summed E-state index contributed by atoms with van der Waals surface area (Å²) in [7, 11) is 0. The van der Waals surface area contributed by atoms with E-state index in [1.165, 1.54) is 0 Å². The molecule has 2 aromatic rings. The molecule has 0 aromatic heterocycles. The standard InChI is InChI=1S/C19H22IN3O2/c1-13(2)11-22-19(25)14-7-3-5-9-16(14)23-18(24)12-21-17-10-6-4-8-15(17)20/h3-10,13,21H,11-12H2,1-2H3,(H,22,25)(H,23,24). The highest BCUT2D eigenvalue weighted by Crippen LogP contribution is 2.17. The van der Waals surface area contributed by atoms with Crippen LogP contribution in [-0.4, -0.2) is 24.9 Å². The van der Waals surface area contributed by atoms with Crippen LogP contribution in [0.1, 0.15) is 24.2 Å². The third-order valence-corrected chi connectivity index (χ3v) is 4.37. The van der Waals surface area contributed by atoms with Crippen molar-refractivity contribution >= 4 is 45.8 Å². The first-order chi connectivity index (χ1) is 12.0. The maximum absolute atomic E-state index is 12.3. The molecule has 0 saturated heterocycles. The fourth-order valence-corrected chi connectivity index (χ4v) is 2.73. The Kier molecular flexibility index (Phi) is 7.24. The van der Waals surface area contributed by atoms with Crippen molar-refractivity contribution in [1.29, 1.82) is 0 Å². The average Bonchev–Trinajstić information content (AvgIpc) is 2.59. The molecule has 0 heterocycles. The van der Waals surface area contributed by atoms with Crippen LogP contribution in [0.25, 0.3) is 0 Å². The molecular formula is C19H22IN3O2. The fraction of sp³-hybridized carbons (Fsp3) is 0.263. The van der Waals surface area contributed by atoms with Gasteiger partial charge in [0.25, 0.3) is 5.91 Å². The van der Waals surface area contributed by atoms with Gasteiger partial charge in [0, 0.05) is 15.8 Å². The van der Waals surface area contributed by atoms with Crippen LogP contribution >= 0.6 is 22.6 Å². The molecule has 0 atom stereocenters. The fourth-order valence-electron chi connectivity index (χ4n) is 2.16. The van der Waals surface area contributed by atoms with E-state index in [9.17, 15) is 9.59 Å². The van der Waals surface area contributed by atoms with E-state index in [1.807, 2.05) is 38.1 Å². The van der Waals surface area contributed by atoms with Crippen LogP contribution < -0.4 is 16.0 Å². The van der Waals surface area contributed by atoms with Gasteiger partial charge in [-0.15, -0.1) is 0 Å². The lowest BCUT2D eigenvalue weighted by molar-refractivity contribution is -0.114. The van der Waals surface area contributed by atoms with Crippen molar-refractivity contribution < 1.29 is 9.59 Å². The van der Waals surface area contributed by atoms with Crippen LogP contribution in [-0.2, 0) is 4.79 Å². The van der Waals surface area contributed by atoms with Gasteiger partial charge in [-0.25, -0.2) is 0 Å². The van der Waals surface area contributed by atoms with E-state index in [4.69, 9.17) is 0 Å². The van der Waals surface area contributed by atoms with Crippen LogP contribution in [0.3, 0.4) is 0 Å². The molecule has 5 nitrogen and oxygen atoms in total. The van der Waals surface area contributed by atoms with Gasteiger partial charge < -0.3 is 16.0 Å². The van der Waals surface area contributed by atoms with E-state index >= 15 is 0 Å².